The molecule has 0 unspecified atom stereocenters. The molecule has 14 heavy (non-hydrogen) atoms. The highest BCUT2D eigenvalue weighted by molar-refractivity contribution is 4.82. The lowest BCUT2D eigenvalue weighted by molar-refractivity contribution is 0.0701. The Hall–Kier alpha value is -0.0800. The maximum atomic E-state index is 5.38. The van der Waals surface area contributed by atoms with Gasteiger partial charge in [0.25, 0.3) is 0 Å². The summed E-state index contributed by atoms with van der Waals surface area (Å²) in [6, 6.07) is 1.51. The highest BCUT2D eigenvalue weighted by Gasteiger charge is 2.24. The van der Waals surface area contributed by atoms with Gasteiger partial charge < -0.3 is 10.1 Å². The Morgan fingerprint density at radius 3 is 2.43 bits per heavy atom. The monoisotopic (exact) mass is 197 g/mol. The lowest BCUT2D eigenvalue weighted by Gasteiger charge is -2.34. The van der Waals surface area contributed by atoms with Crippen molar-refractivity contribution in [3.8, 4) is 0 Å². The maximum Gasteiger partial charge on any atom is 0.0480 e. The largest absolute Gasteiger partial charge is 0.381 e. The number of nitrogens with one attached hydrogen (secondary N) is 1. The SMILES string of the molecule is C[C@@H]1CCCC[C@@H]1NC1CCOCC1. The molecule has 0 spiro atoms. The van der Waals surface area contributed by atoms with Crippen LogP contribution in [0.5, 0.6) is 0 Å². The van der Waals surface area contributed by atoms with Gasteiger partial charge in [-0.25, -0.2) is 0 Å². The van der Waals surface area contributed by atoms with Crippen LogP contribution in [0.3, 0.4) is 0 Å². The van der Waals surface area contributed by atoms with Gasteiger partial charge in [-0.05, 0) is 31.6 Å². The van der Waals surface area contributed by atoms with Crippen molar-refractivity contribution in [1.29, 1.82) is 0 Å². The molecule has 1 saturated carbocycles. The molecule has 2 atom stereocenters. The lowest BCUT2D eigenvalue weighted by Crippen LogP contribution is -2.45. The van der Waals surface area contributed by atoms with Crippen molar-refractivity contribution in [2.75, 3.05) is 13.2 Å². The summed E-state index contributed by atoms with van der Waals surface area (Å²) in [6.07, 6.45) is 8.09. The third kappa shape index (κ3) is 2.71. The van der Waals surface area contributed by atoms with Crippen molar-refractivity contribution in [2.45, 2.75) is 57.5 Å². The van der Waals surface area contributed by atoms with Gasteiger partial charge in [-0.1, -0.05) is 19.8 Å². The Morgan fingerprint density at radius 2 is 1.71 bits per heavy atom. The summed E-state index contributed by atoms with van der Waals surface area (Å²) in [7, 11) is 0. The summed E-state index contributed by atoms with van der Waals surface area (Å²) >= 11 is 0. The molecule has 1 saturated heterocycles. The molecule has 0 bridgehead atoms. The van der Waals surface area contributed by atoms with E-state index in [4.69, 9.17) is 4.74 Å². The summed E-state index contributed by atoms with van der Waals surface area (Å²) in [5.41, 5.74) is 0. The van der Waals surface area contributed by atoms with Gasteiger partial charge in [0.1, 0.15) is 0 Å². The fourth-order valence-corrected chi connectivity index (χ4v) is 2.73. The molecule has 2 rings (SSSR count). The van der Waals surface area contributed by atoms with Gasteiger partial charge in [0.2, 0.25) is 0 Å². The van der Waals surface area contributed by atoms with E-state index in [0.717, 1.165) is 31.2 Å². The van der Waals surface area contributed by atoms with E-state index in [-0.39, 0.29) is 0 Å². The van der Waals surface area contributed by atoms with Crippen molar-refractivity contribution >= 4 is 0 Å². The lowest BCUT2D eigenvalue weighted by atomic mass is 9.85. The van der Waals surface area contributed by atoms with E-state index in [0.29, 0.717) is 0 Å². The Balaban J connectivity index is 1.76. The Labute approximate surface area is 87.4 Å². The van der Waals surface area contributed by atoms with Crippen LogP contribution in [0, 0.1) is 5.92 Å². The van der Waals surface area contributed by atoms with Crippen LogP contribution in [-0.2, 0) is 4.74 Å². The first-order valence-corrected chi connectivity index (χ1v) is 6.20. The Kier molecular flexibility index (Phi) is 3.82. The van der Waals surface area contributed by atoms with Gasteiger partial charge in [0.05, 0.1) is 0 Å². The predicted octanol–water partition coefficient (Wildman–Crippen LogP) is 2.33. The average molecular weight is 197 g/mol. The zero-order chi connectivity index (χ0) is 9.80. The molecular formula is C12H23NO. The number of ether oxygens (including phenoxy) is 1. The van der Waals surface area contributed by atoms with Gasteiger partial charge in [0, 0.05) is 25.3 Å². The standard InChI is InChI=1S/C12H23NO/c1-10-4-2-3-5-12(10)13-11-6-8-14-9-7-11/h10-13H,2-9H2,1H3/t10-,12+/m1/s1. The van der Waals surface area contributed by atoms with E-state index in [1.54, 1.807) is 0 Å². The van der Waals surface area contributed by atoms with Crippen molar-refractivity contribution < 1.29 is 4.74 Å². The van der Waals surface area contributed by atoms with Crippen LogP contribution >= 0.6 is 0 Å². The van der Waals surface area contributed by atoms with Crippen molar-refractivity contribution in [3.63, 3.8) is 0 Å². The van der Waals surface area contributed by atoms with E-state index in [1.165, 1.54) is 38.5 Å². The molecule has 1 heterocycles. The number of hydrogen-bond acceptors (Lipinski definition) is 2. The fraction of sp³-hybridized carbons (Fsp3) is 1.00. The molecule has 2 aliphatic rings. The van der Waals surface area contributed by atoms with Gasteiger partial charge in [0.15, 0.2) is 0 Å². The van der Waals surface area contributed by atoms with E-state index >= 15 is 0 Å². The minimum absolute atomic E-state index is 0.731. The van der Waals surface area contributed by atoms with Crippen LogP contribution < -0.4 is 5.32 Å². The molecule has 0 amide bonds. The smallest absolute Gasteiger partial charge is 0.0480 e. The summed E-state index contributed by atoms with van der Waals surface area (Å²) in [5, 5.41) is 3.83. The first-order chi connectivity index (χ1) is 6.86. The van der Waals surface area contributed by atoms with Crippen molar-refractivity contribution in [3.05, 3.63) is 0 Å². The molecule has 82 valence electrons. The quantitative estimate of drug-likeness (QED) is 0.733. The van der Waals surface area contributed by atoms with E-state index < -0.39 is 0 Å². The number of hydrogen-bond donors (Lipinski definition) is 1. The van der Waals surface area contributed by atoms with Crippen LogP contribution in [0.25, 0.3) is 0 Å². The Morgan fingerprint density at radius 1 is 1.00 bits per heavy atom. The molecule has 0 aromatic heterocycles. The second-order valence-electron chi connectivity index (χ2n) is 4.92. The molecule has 2 fully saturated rings. The first kappa shape index (κ1) is 10.4. The summed E-state index contributed by atoms with van der Waals surface area (Å²) in [6.45, 7) is 4.31. The maximum absolute atomic E-state index is 5.38. The third-order valence-corrected chi connectivity index (χ3v) is 3.78. The zero-order valence-corrected chi connectivity index (χ0v) is 9.30. The van der Waals surface area contributed by atoms with Gasteiger partial charge >= 0.3 is 0 Å². The van der Waals surface area contributed by atoms with Crippen molar-refractivity contribution in [1.82, 2.24) is 5.32 Å². The van der Waals surface area contributed by atoms with Gasteiger partial charge in [-0.2, -0.15) is 0 Å². The van der Waals surface area contributed by atoms with E-state index in [9.17, 15) is 0 Å². The minimum atomic E-state index is 0.731. The van der Waals surface area contributed by atoms with Gasteiger partial charge in [-0.3, -0.25) is 0 Å². The third-order valence-electron chi connectivity index (χ3n) is 3.78. The summed E-state index contributed by atoms with van der Waals surface area (Å²) in [4.78, 5) is 0. The van der Waals surface area contributed by atoms with Crippen molar-refractivity contribution in [2.24, 2.45) is 5.92 Å². The molecule has 0 aromatic rings. The average Bonchev–Trinajstić information content (AvgIpc) is 2.23. The summed E-state index contributed by atoms with van der Waals surface area (Å²) < 4.78 is 5.38. The summed E-state index contributed by atoms with van der Waals surface area (Å²) in [5.74, 6) is 0.881. The molecular weight excluding hydrogens is 174 g/mol. The van der Waals surface area contributed by atoms with Crippen LogP contribution in [0.15, 0.2) is 0 Å². The second-order valence-corrected chi connectivity index (χ2v) is 4.92. The van der Waals surface area contributed by atoms with Crippen LogP contribution in [0.4, 0.5) is 0 Å². The number of rotatable bonds is 2. The van der Waals surface area contributed by atoms with Crippen LogP contribution in [0.1, 0.15) is 45.4 Å². The Bertz CT molecular complexity index is 166. The van der Waals surface area contributed by atoms with E-state index in [1.807, 2.05) is 0 Å². The zero-order valence-electron chi connectivity index (χ0n) is 9.30. The molecule has 1 N–H and O–H groups in total. The van der Waals surface area contributed by atoms with E-state index in [2.05, 4.69) is 12.2 Å². The molecule has 2 heteroatoms. The van der Waals surface area contributed by atoms with Crippen LogP contribution in [-0.4, -0.2) is 25.3 Å². The minimum Gasteiger partial charge on any atom is -0.381 e. The van der Waals surface area contributed by atoms with Gasteiger partial charge in [-0.15, -0.1) is 0 Å². The van der Waals surface area contributed by atoms with Crippen LogP contribution in [0.2, 0.25) is 0 Å². The normalized spacial score (nSPS) is 35.8. The highest BCUT2D eigenvalue weighted by atomic mass is 16.5. The molecule has 2 nitrogen and oxygen atoms in total. The fourth-order valence-electron chi connectivity index (χ4n) is 2.73. The second kappa shape index (κ2) is 5.13. The highest BCUT2D eigenvalue weighted by Crippen LogP contribution is 2.25. The first-order valence-electron chi connectivity index (χ1n) is 6.20. The molecule has 0 radical (unpaired) electrons. The molecule has 1 aliphatic heterocycles. The molecule has 1 aliphatic carbocycles. The topological polar surface area (TPSA) is 21.3 Å². The molecule has 0 aromatic carbocycles. The predicted molar refractivity (Wildman–Crippen MR) is 58.4 cm³/mol.